The third-order valence-electron chi connectivity index (χ3n) is 22.5. The van der Waals surface area contributed by atoms with E-state index in [1.54, 1.807) is 0 Å². The van der Waals surface area contributed by atoms with Gasteiger partial charge in [0.2, 0.25) is 0 Å². The summed E-state index contributed by atoms with van der Waals surface area (Å²) >= 11 is 0. The van der Waals surface area contributed by atoms with Crippen molar-refractivity contribution < 1.29 is 4.74 Å². The van der Waals surface area contributed by atoms with Crippen molar-refractivity contribution in [2.45, 2.75) is 52.4 Å². The molecule has 0 bridgehead atoms. The van der Waals surface area contributed by atoms with E-state index in [2.05, 4.69) is 435 Å². The molecule has 4 aromatic heterocycles. The highest BCUT2D eigenvalue weighted by molar-refractivity contribution is 6.15. The van der Waals surface area contributed by atoms with Crippen LogP contribution in [0.3, 0.4) is 0 Å². The van der Waals surface area contributed by atoms with Crippen LogP contribution in [0.4, 0.5) is 17.1 Å². The van der Waals surface area contributed by atoms with Crippen molar-refractivity contribution in [2.24, 2.45) is 0 Å². The Morgan fingerprint density at radius 1 is 0.236 bits per heavy atom. The molecule has 0 aliphatic heterocycles. The third-order valence-corrected chi connectivity index (χ3v) is 22.5. The quantitative estimate of drug-likeness (QED) is 0.115. The van der Waals surface area contributed by atoms with E-state index < -0.39 is 0 Å². The second-order valence-corrected chi connectivity index (χ2v) is 31.2. The summed E-state index contributed by atoms with van der Waals surface area (Å²) in [6.45, 7) is 13.9. The molecule has 20 aromatic rings. The summed E-state index contributed by atoms with van der Waals surface area (Å²) in [7, 11) is 0. The molecule has 0 N–H and O–H groups in total. The van der Waals surface area contributed by atoms with E-state index in [1.807, 2.05) is 0 Å². The Kier molecular flexibility index (Phi) is 15.6. The van der Waals surface area contributed by atoms with Crippen molar-refractivity contribution in [1.82, 2.24) is 18.3 Å². The first-order valence-corrected chi connectivity index (χ1v) is 38.2. The molecule has 16 aromatic carbocycles. The molecule has 526 valence electrons. The number of fused-ring (bicyclic) bond motifs is 12. The minimum Gasteiger partial charge on any atom is -0.457 e. The fraction of sp³-hybridized carbons (Fsp3) is 0.0769. The molecule has 0 aliphatic carbocycles. The lowest BCUT2D eigenvalue weighted by molar-refractivity contribution is 0.483. The zero-order chi connectivity index (χ0) is 73.9. The second kappa shape index (κ2) is 26.1. The molecule has 6 nitrogen and oxygen atoms in total. The SMILES string of the molecule is CC(C)(C)c1ccc(-c2cc(Oc3cccc(-c4cccc(-n5c6ccccc6c6ccccc65)c4-n4c5ccccc5c5ccccc54)c3)cc(N(c3cccc(-c4cccc(-n5c6ccccc6c6ccccc65)c4-n4c5ccccc5c5ccccc54)c3)c3ccccc3-c3ccccc3)c2)c(C(C)(C)C)c1. The molecule has 6 heteroatoms. The van der Waals surface area contributed by atoms with Gasteiger partial charge in [0.15, 0.2) is 0 Å². The maximum atomic E-state index is 7.66. The number of hydrogen-bond acceptors (Lipinski definition) is 2. The molecule has 0 saturated carbocycles. The van der Waals surface area contributed by atoms with Crippen LogP contribution in [-0.4, -0.2) is 18.3 Å². The number of anilines is 3. The third kappa shape index (κ3) is 10.9. The smallest absolute Gasteiger partial charge is 0.130 e. The molecule has 0 spiro atoms. The first-order valence-electron chi connectivity index (χ1n) is 38.2. The van der Waals surface area contributed by atoms with Crippen LogP contribution in [0.15, 0.2) is 370 Å². The van der Waals surface area contributed by atoms with Gasteiger partial charge in [0.25, 0.3) is 0 Å². The maximum Gasteiger partial charge on any atom is 0.130 e. The highest BCUT2D eigenvalue weighted by Gasteiger charge is 2.29. The fourth-order valence-electron chi connectivity index (χ4n) is 17.5. The molecule has 0 atom stereocenters. The summed E-state index contributed by atoms with van der Waals surface area (Å²) in [5, 5.41) is 9.62. The van der Waals surface area contributed by atoms with E-state index >= 15 is 0 Å². The zero-order valence-electron chi connectivity index (χ0n) is 62.4. The van der Waals surface area contributed by atoms with E-state index in [0.29, 0.717) is 11.5 Å². The van der Waals surface area contributed by atoms with Gasteiger partial charge in [0.05, 0.1) is 78.3 Å². The van der Waals surface area contributed by atoms with Crippen LogP contribution < -0.4 is 9.64 Å². The molecule has 0 aliphatic rings. The normalized spacial score (nSPS) is 12.1. The Balaban J connectivity index is 0.818. The van der Waals surface area contributed by atoms with Gasteiger partial charge in [-0.05, 0) is 153 Å². The highest BCUT2D eigenvalue weighted by atomic mass is 16.5. The van der Waals surface area contributed by atoms with Crippen LogP contribution in [0.2, 0.25) is 0 Å². The maximum absolute atomic E-state index is 7.66. The van der Waals surface area contributed by atoms with Gasteiger partial charge in [-0.1, -0.05) is 302 Å². The molecule has 20 rings (SSSR count). The van der Waals surface area contributed by atoms with Gasteiger partial charge in [-0.3, -0.25) is 0 Å². The summed E-state index contributed by atoms with van der Waals surface area (Å²) < 4.78 is 17.6. The van der Waals surface area contributed by atoms with Crippen LogP contribution in [0, 0.1) is 0 Å². The standard InChI is InChI=1S/C104H79N5O/c1-103(2,3)72-60-61-77(89(66-72)104(4,5)6)71-63-74(67-76(65-71)110-75-37-29-35-70(64-75)80-48-31-59-100(107-93-52-22-13-41-83(93)84-42-14-23-53-94(84)107)102(80)109-97-56-26-17-45-87(97)88-46-18-27-57-98(88)109)105(90-49-19-10-38-78(90)68-32-8-7-9-33-68)73-36-28-34-69(62-73)79-47-30-58-99(106-91-50-20-11-39-81(91)82-40-12-21-51-92(82)106)101(79)108-95-54-24-15-43-85(95)86-44-16-25-55-96(86)108/h7-67H,1-6H3. The summed E-state index contributed by atoms with van der Waals surface area (Å²) in [6, 6.07) is 136. The monoisotopic (exact) mass is 1410 g/mol. The van der Waals surface area contributed by atoms with E-state index in [1.165, 1.54) is 54.2 Å². The first kappa shape index (κ1) is 65.8. The number of para-hydroxylation sites is 11. The van der Waals surface area contributed by atoms with Gasteiger partial charge in [0.1, 0.15) is 11.5 Å². The van der Waals surface area contributed by atoms with E-state index in [0.717, 1.165) is 128 Å². The van der Waals surface area contributed by atoms with Crippen molar-refractivity contribution in [3.63, 3.8) is 0 Å². The van der Waals surface area contributed by atoms with Crippen molar-refractivity contribution in [3.8, 4) is 78.8 Å². The van der Waals surface area contributed by atoms with Crippen LogP contribution in [0.1, 0.15) is 52.7 Å². The minimum absolute atomic E-state index is 0.0859. The number of aromatic nitrogens is 4. The van der Waals surface area contributed by atoms with Crippen molar-refractivity contribution >= 4 is 104 Å². The first-order chi connectivity index (χ1) is 53.9. The lowest BCUT2D eigenvalue weighted by Gasteiger charge is -2.31. The van der Waals surface area contributed by atoms with Crippen LogP contribution in [-0.2, 0) is 10.8 Å². The predicted octanol–water partition coefficient (Wildman–Crippen LogP) is 28.6. The van der Waals surface area contributed by atoms with Gasteiger partial charge >= 0.3 is 0 Å². The molecule has 0 radical (unpaired) electrons. The van der Waals surface area contributed by atoms with Gasteiger partial charge in [-0.25, -0.2) is 0 Å². The Morgan fingerprint density at radius 2 is 0.600 bits per heavy atom. The van der Waals surface area contributed by atoms with Crippen LogP contribution in [0.25, 0.3) is 154 Å². The van der Waals surface area contributed by atoms with E-state index in [4.69, 9.17) is 4.74 Å². The lowest BCUT2D eigenvalue weighted by atomic mass is 9.77. The largest absolute Gasteiger partial charge is 0.457 e. The lowest BCUT2D eigenvalue weighted by Crippen LogP contribution is -2.17. The van der Waals surface area contributed by atoms with Crippen LogP contribution >= 0.6 is 0 Å². The van der Waals surface area contributed by atoms with Crippen molar-refractivity contribution in [1.29, 1.82) is 0 Å². The van der Waals surface area contributed by atoms with Crippen molar-refractivity contribution in [2.75, 3.05) is 4.90 Å². The Hall–Kier alpha value is -13.7. The molecule has 0 amide bonds. The molecule has 0 saturated heterocycles. The minimum atomic E-state index is -0.237. The topological polar surface area (TPSA) is 32.2 Å². The zero-order valence-corrected chi connectivity index (χ0v) is 62.4. The van der Waals surface area contributed by atoms with E-state index in [9.17, 15) is 0 Å². The molecular weight excluding hydrogens is 1340 g/mol. The van der Waals surface area contributed by atoms with Gasteiger partial charge in [-0.2, -0.15) is 0 Å². The summed E-state index contributed by atoms with van der Waals surface area (Å²) in [5.74, 6) is 1.40. The Morgan fingerprint density at radius 3 is 1.05 bits per heavy atom. The Labute approximate surface area is 640 Å². The van der Waals surface area contributed by atoms with Gasteiger partial charge < -0.3 is 27.9 Å². The number of ether oxygens (including phenoxy) is 1. The van der Waals surface area contributed by atoms with Gasteiger partial charge in [0, 0.05) is 71.5 Å². The van der Waals surface area contributed by atoms with Crippen molar-refractivity contribution in [3.05, 3.63) is 381 Å². The summed E-state index contributed by atoms with van der Waals surface area (Å²) in [6.07, 6.45) is 0. The molecule has 0 fully saturated rings. The predicted molar refractivity (Wildman–Crippen MR) is 464 cm³/mol. The summed E-state index contributed by atoms with van der Waals surface area (Å²) in [4.78, 5) is 2.47. The van der Waals surface area contributed by atoms with Crippen LogP contribution in [0.5, 0.6) is 11.5 Å². The fourth-order valence-corrected chi connectivity index (χ4v) is 17.5. The second-order valence-electron chi connectivity index (χ2n) is 31.2. The number of benzene rings is 16. The summed E-state index contributed by atoms with van der Waals surface area (Å²) in [5.41, 5.74) is 27.2. The molecule has 110 heavy (non-hydrogen) atoms. The number of hydrogen-bond donors (Lipinski definition) is 0. The number of nitrogens with zero attached hydrogens (tertiary/aromatic N) is 5. The average Bonchev–Trinajstić information content (AvgIpc) is 1.61. The average molecular weight is 1410 g/mol. The molecular formula is C104H79N5O. The Bertz CT molecular complexity index is 6830. The molecule has 0 unspecified atom stereocenters. The highest BCUT2D eigenvalue weighted by Crippen LogP contribution is 2.50. The van der Waals surface area contributed by atoms with Gasteiger partial charge in [-0.15, -0.1) is 0 Å². The van der Waals surface area contributed by atoms with E-state index in [-0.39, 0.29) is 10.8 Å². The number of rotatable bonds is 13. The molecule has 4 heterocycles.